The van der Waals surface area contributed by atoms with Gasteiger partial charge in [0, 0.05) is 5.56 Å². The number of para-hydroxylation sites is 1. The monoisotopic (exact) mass is 398 g/mol. The van der Waals surface area contributed by atoms with Crippen molar-refractivity contribution >= 4 is 28.9 Å². The largest absolute Gasteiger partial charge is 0.463 e. The van der Waals surface area contributed by atoms with E-state index in [0.29, 0.717) is 28.0 Å². The molecule has 0 saturated heterocycles. The third-order valence-corrected chi connectivity index (χ3v) is 4.74. The second kappa shape index (κ2) is 6.97. The number of aryl methyl sites for hydroxylation is 1. The number of fused-ring (bicyclic) bond motifs is 1. The van der Waals surface area contributed by atoms with Gasteiger partial charge in [-0.05, 0) is 25.1 Å². The molecule has 0 fully saturated rings. The molecule has 1 aliphatic heterocycles. The predicted octanol–water partition coefficient (Wildman–Crippen LogP) is 4.10. The summed E-state index contributed by atoms with van der Waals surface area (Å²) in [5.41, 5.74) is 2.22. The first-order valence-electron chi connectivity index (χ1n) is 9.17. The summed E-state index contributed by atoms with van der Waals surface area (Å²) in [6, 6.07) is 16.3. The van der Waals surface area contributed by atoms with Gasteiger partial charge in [0.05, 0.1) is 10.9 Å². The van der Waals surface area contributed by atoms with E-state index in [1.165, 1.54) is 12.3 Å². The van der Waals surface area contributed by atoms with Crippen molar-refractivity contribution < 1.29 is 18.5 Å². The SMILES string of the molecule is Cc1onc(-c2ccccc2)c1C1=N/C(=C\c2coc3ccccc3c2=O)C(=O)O1. The van der Waals surface area contributed by atoms with E-state index in [-0.39, 0.29) is 22.6 Å². The molecule has 0 spiro atoms. The molecule has 7 nitrogen and oxygen atoms in total. The molecule has 2 aromatic carbocycles. The molecule has 0 saturated carbocycles. The summed E-state index contributed by atoms with van der Waals surface area (Å²) in [4.78, 5) is 29.4. The summed E-state index contributed by atoms with van der Waals surface area (Å²) in [6.07, 6.45) is 2.66. The average Bonchev–Trinajstić information content (AvgIpc) is 3.33. The fraction of sp³-hybridized carbons (Fsp3) is 0.0435. The summed E-state index contributed by atoms with van der Waals surface area (Å²) in [5, 5.41) is 4.50. The van der Waals surface area contributed by atoms with Gasteiger partial charge in [0.2, 0.25) is 5.90 Å². The molecular weight excluding hydrogens is 384 g/mol. The Kier molecular flexibility index (Phi) is 4.14. The van der Waals surface area contributed by atoms with Crippen molar-refractivity contribution in [2.45, 2.75) is 6.92 Å². The molecule has 0 atom stereocenters. The lowest BCUT2D eigenvalue weighted by Crippen LogP contribution is -2.08. The van der Waals surface area contributed by atoms with Gasteiger partial charge in [0.1, 0.15) is 28.9 Å². The van der Waals surface area contributed by atoms with Crippen LogP contribution in [0.3, 0.4) is 0 Å². The highest BCUT2D eigenvalue weighted by atomic mass is 16.6. The minimum absolute atomic E-state index is 0.00723. The number of hydrogen-bond acceptors (Lipinski definition) is 7. The van der Waals surface area contributed by atoms with Crippen molar-refractivity contribution in [3.8, 4) is 11.3 Å². The fourth-order valence-electron chi connectivity index (χ4n) is 3.27. The number of aromatic nitrogens is 1. The Bertz CT molecular complexity index is 1410. The van der Waals surface area contributed by atoms with E-state index in [1.807, 2.05) is 30.3 Å². The van der Waals surface area contributed by atoms with Crippen LogP contribution in [-0.4, -0.2) is 17.0 Å². The first-order valence-corrected chi connectivity index (χ1v) is 9.17. The van der Waals surface area contributed by atoms with Crippen molar-refractivity contribution in [3.05, 3.63) is 93.7 Å². The molecule has 7 heteroatoms. The molecule has 0 radical (unpaired) electrons. The Morgan fingerprint density at radius 1 is 0.967 bits per heavy atom. The number of carbonyl (C=O) groups excluding carboxylic acids is 1. The van der Waals surface area contributed by atoms with Crippen LogP contribution in [0.2, 0.25) is 0 Å². The van der Waals surface area contributed by atoms with Crippen LogP contribution < -0.4 is 5.43 Å². The number of rotatable bonds is 3. The van der Waals surface area contributed by atoms with Gasteiger partial charge in [-0.2, -0.15) is 0 Å². The van der Waals surface area contributed by atoms with Crippen molar-refractivity contribution in [3.63, 3.8) is 0 Å². The minimum atomic E-state index is -0.669. The van der Waals surface area contributed by atoms with Gasteiger partial charge < -0.3 is 13.7 Å². The van der Waals surface area contributed by atoms with Crippen molar-refractivity contribution in [1.82, 2.24) is 5.16 Å². The van der Waals surface area contributed by atoms with Crippen LogP contribution in [-0.2, 0) is 9.53 Å². The van der Waals surface area contributed by atoms with Crippen LogP contribution in [0.4, 0.5) is 0 Å². The van der Waals surface area contributed by atoms with E-state index in [4.69, 9.17) is 13.7 Å². The Morgan fingerprint density at radius 3 is 2.57 bits per heavy atom. The molecule has 0 aliphatic carbocycles. The zero-order chi connectivity index (χ0) is 20.7. The highest BCUT2D eigenvalue weighted by molar-refractivity contribution is 6.15. The maximum absolute atomic E-state index is 12.7. The third kappa shape index (κ3) is 2.93. The average molecular weight is 398 g/mol. The summed E-state index contributed by atoms with van der Waals surface area (Å²) < 4.78 is 16.2. The van der Waals surface area contributed by atoms with Crippen molar-refractivity contribution in [1.29, 1.82) is 0 Å². The van der Waals surface area contributed by atoms with Gasteiger partial charge in [0.15, 0.2) is 11.1 Å². The van der Waals surface area contributed by atoms with Crippen LogP contribution >= 0.6 is 0 Å². The second-order valence-corrected chi connectivity index (χ2v) is 6.68. The third-order valence-electron chi connectivity index (χ3n) is 4.74. The number of hydrogen-bond donors (Lipinski definition) is 0. The fourth-order valence-corrected chi connectivity index (χ4v) is 3.27. The number of benzene rings is 2. The van der Waals surface area contributed by atoms with Gasteiger partial charge in [0.25, 0.3) is 0 Å². The molecule has 5 rings (SSSR count). The smallest absolute Gasteiger partial charge is 0.363 e. The Hall–Kier alpha value is -4.26. The van der Waals surface area contributed by atoms with Crippen LogP contribution in [0.1, 0.15) is 16.9 Å². The van der Waals surface area contributed by atoms with Gasteiger partial charge in [-0.15, -0.1) is 0 Å². The molecule has 3 heterocycles. The standard InChI is InChI=1S/C23H14N2O5/c1-13-19(20(25-30-13)14-7-3-2-4-8-14)22-24-17(23(27)29-22)11-15-12-28-18-10-6-5-9-16(18)21(15)26/h2-12H,1H3/b17-11-. The summed E-state index contributed by atoms with van der Waals surface area (Å²) >= 11 is 0. The van der Waals surface area contributed by atoms with E-state index >= 15 is 0 Å². The van der Waals surface area contributed by atoms with E-state index in [1.54, 1.807) is 31.2 Å². The maximum atomic E-state index is 12.7. The number of carbonyl (C=O) groups is 1. The van der Waals surface area contributed by atoms with Crippen molar-refractivity contribution in [2.75, 3.05) is 0 Å². The summed E-state index contributed by atoms with van der Waals surface area (Å²) in [6.45, 7) is 1.71. The lowest BCUT2D eigenvalue weighted by Gasteiger charge is -2.01. The lowest BCUT2D eigenvalue weighted by molar-refractivity contribution is -0.129. The Balaban J connectivity index is 1.59. The van der Waals surface area contributed by atoms with Crippen LogP contribution in [0.25, 0.3) is 28.3 Å². The summed E-state index contributed by atoms with van der Waals surface area (Å²) in [7, 11) is 0. The molecule has 0 amide bonds. The highest BCUT2D eigenvalue weighted by Gasteiger charge is 2.30. The molecule has 2 aromatic heterocycles. The summed E-state index contributed by atoms with van der Waals surface area (Å²) in [5.74, 6) is -0.127. The highest BCUT2D eigenvalue weighted by Crippen LogP contribution is 2.29. The van der Waals surface area contributed by atoms with Gasteiger partial charge >= 0.3 is 5.97 Å². The molecular formula is C23H14N2O5. The van der Waals surface area contributed by atoms with Gasteiger partial charge in [-0.3, -0.25) is 4.79 Å². The molecule has 1 aliphatic rings. The second-order valence-electron chi connectivity index (χ2n) is 6.68. The first-order chi connectivity index (χ1) is 14.6. The van der Waals surface area contributed by atoms with E-state index in [9.17, 15) is 9.59 Å². The van der Waals surface area contributed by atoms with Crippen molar-refractivity contribution in [2.24, 2.45) is 4.99 Å². The molecule has 0 unspecified atom stereocenters. The number of nitrogens with zero attached hydrogens (tertiary/aromatic N) is 2. The number of aliphatic imine (C=N–C) groups is 1. The van der Waals surface area contributed by atoms with E-state index in [2.05, 4.69) is 10.1 Å². The quantitative estimate of drug-likeness (QED) is 0.381. The van der Waals surface area contributed by atoms with Gasteiger partial charge in [-0.25, -0.2) is 9.79 Å². The first kappa shape index (κ1) is 17.8. The molecule has 0 bridgehead atoms. The Morgan fingerprint density at radius 2 is 1.73 bits per heavy atom. The maximum Gasteiger partial charge on any atom is 0.363 e. The van der Waals surface area contributed by atoms with Crippen LogP contribution in [0, 0.1) is 6.92 Å². The molecule has 4 aromatic rings. The predicted molar refractivity (Wildman–Crippen MR) is 110 cm³/mol. The normalized spacial score (nSPS) is 14.9. The lowest BCUT2D eigenvalue weighted by atomic mass is 10.1. The molecule has 146 valence electrons. The van der Waals surface area contributed by atoms with Crippen LogP contribution in [0.15, 0.2) is 85.3 Å². The number of cyclic esters (lactones) is 1. The van der Waals surface area contributed by atoms with Crippen LogP contribution in [0.5, 0.6) is 0 Å². The molecule has 30 heavy (non-hydrogen) atoms. The Labute approximate surface area is 169 Å². The number of ether oxygens (including phenoxy) is 1. The van der Waals surface area contributed by atoms with Gasteiger partial charge in [-0.1, -0.05) is 47.6 Å². The number of esters is 1. The van der Waals surface area contributed by atoms with E-state index < -0.39 is 5.97 Å². The zero-order valence-corrected chi connectivity index (χ0v) is 15.8. The van der Waals surface area contributed by atoms with E-state index in [0.717, 1.165) is 5.56 Å². The zero-order valence-electron chi connectivity index (χ0n) is 15.8. The molecule has 0 N–H and O–H groups in total. The topological polar surface area (TPSA) is 94.9 Å². The minimum Gasteiger partial charge on any atom is -0.463 e.